The first-order chi connectivity index (χ1) is 12.9. The molecule has 1 aromatic carbocycles. The number of carbonyl (C=O) groups is 2. The van der Waals surface area contributed by atoms with Crippen LogP contribution in [0.1, 0.15) is 25.5 Å². The maximum absolute atomic E-state index is 12.8. The summed E-state index contributed by atoms with van der Waals surface area (Å²) in [4.78, 5) is 26.5. The van der Waals surface area contributed by atoms with Crippen molar-refractivity contribution in [1.29, 1.82) is 0 Å². The topological polar surface area (TPSA) is 86.3 Å². The monoisotopic (exact) mass is 378 g/mol. The van der Waals surface area contributed by atoms with Gasteiger partial charge in [0.25, 0.3) is 0 Å². The number of nitrogens with one attached hydrogen (secondary N) is 1. The van der Waals surface area contributed by atoms with Crippen molar-refractivity contribution in [2.45, 2.75) is 19.9 Å². The van der Waals surface area contributed by atoms with Crippen molar-refractivity contribution in [2.75, 3.05) is 41.1 Å². The van der Waals surface area contributed by atoms with Gasteiger partial charge in [-0.2, -0.15) is 0 Å². The van der Waals surface area contributed by atoms with Crippen molar-refractivity contribution < 1.29 is 28.5 Å². The first-order valence-electron chi connectivity index (χ1n) is 8.66. The van der Waals surface area contributed by atoms with E-state index >= 15 is 0 Å². The van der Waals surface area contributed by atoms with Gasteiger partial charge in [0.15, 0.2) is 0 Å². The zero-order valence-electron chi connectivity index (χ0n) is 16.3. The van der Waals surface area contributed by atoms with Crippen LogP contribution in [-0.4, -0.2) is 58.0 Å². The van der Waals surface area contributed by atoms with Gasteiger partial charge in [-0.3, -0.25) is 0 Å². The number of rotatable bonds is 8. The van der Waals surface area contributed by atoms with Crippen LogP contribution < -0.4 is 14.8 Å². The van der Waals surface area contributed by atoms with Crippen molar-refractivity contribution >= 4 is 12.0 Å². The van der Waals surface area contributed by atoms with E-state index in [0.717, 1.165) is 0 Å². The summed E-state index contributed by atoms with van der Waals surface area (Å²) in [6, 6.07) is 4.16. The number of esters is 1. The molecule has 0 saturated carbocycles. The molecule has 1 heterocycles. The summed E-state index contributed by atoms with van der Waals surface area (Å²) in [5.41, 5.74) is 1.45. The fourth-order valence-corrected chi connectivity index (χ4v) is 2.81. The molecule has 0 bridgehead atoms. The molecule has 0 aliphatic carbocycles. The third kappa shape index (κ3) is 4.51. The van der Waals surface area contributed by atoms with Crippen LogP contribution in [0.5, 0.6) is 11.5 Å². The van der Waals surface area contributed by atoms with Crippen LogP contribution >= 0.6 is 0 Å². The third-order valence-corrected chi connectivity index (χ3v) is 4.39. The molecule has 1 atom stereocenters. The minimum atomic E-state index is -0.724. The van der Waals surface area contributed by atoms with Crippen LogP contribution in [0.15, 0.2) is 29.5 Å². The first-order valence-corrected chi connectivity index (χ1v) is 8.66. The molecular formula is C19H26N2O6. The molecule has 1 aliphatic rings. The summed E-state index contributed by atoms with van der Waals surface area (Å²) in [6.07, 6.45) is 0. The van der Waals surface area contributed by atoms with E-state index in [1.165, 1.54) is 12.0 Å². The van der Waals surface area contributed by atoms with E-state index in [0.29, 0.717) is 41.5 Å². The highest BCUT2D eigenvalue weighted by Gasteiger charge is 2.36. The molecule has 1 N–H and O–H groups in total. The summed E-state index contributed by atoms with van der Waals surface area (Å²) < 4.78 is 21.3. The third-order valence-electron chi connectivity index (χ3n) is 4.39. The number of methoxy groups -OCH3 is 2. The second kappa shape index (κ2) is 9.27. The lowest BCUT2D eigenvalue weighted by molar-refractivity contribution is -0.141. The zero-order valence-corrected chi connectivity index (χ0v) is 16.3. The summed E-state index contributed by atoms with van der Waals surface area (Å²) in [7, 11) is 4.67. The number of amides is 2. The summed E-state index contributed by atoms with van der Waals surface area (Å²) in [5, 5.41) is 2.83. The average Bonchev–Trinajstić information content (AvgIpc) is 2.68. The lowest BCUT2D eigenvalue weighted by Gasteiger charge is -2.33. The van der Waals surface area contributed by atoms with E-state index in [2.05, 4.69) is 5.32 Å². The highest BCUT2D eigenvalue weighted by molar-refractivity contribution is 5.95. The molecule has 0 unspecified atom stereocenters. The fraction of sp³-hybridized carbons (Fsp3) is 0.474. The number of benzene rings is 1. The molecule has 0 spiro atoms. The highest BCUT2D eigenvalue weighted by Crippen LogP contribution is 2.37. The number of carbonyl (C=O) groups excluding carboxylic acids is 2. The fourth-order valence-electron chi connectivity index (χ4n) is 2.81. The van der Waals surface area contributed by atoms with Gasteiger partial charge in [-0.1, -0.05) is 0 Å². The second-order valence-corrected chi connectivity index (χ2v) is 5.88. The molecule has 0 saturated heterocycles. The second-order valence-electron chi connectivity index (χ2n) is 5.88. The predicted molar refractivity (Wildman–Crippen MR) is 98.7 cm³/mol. The molecule has 1 aliphatic heterocycles. The Morgan fingerprint density at radius 2 is 1.96 bits per heavy atom. The van der Waals surface area contributed by atoms with Crippen LogP contribution in [-0.2, 0) is 14.3 Å². The number of ether oxygens (including phenoxy) is 4. The Kier molecular flexibility index (Phi) is 7.06. The molecule has 8 heteroatoms. The van der Waals surface area contributed by atoms with E-state index in [4.69, 9.17) is 18.9 Å². The molecule has 0 fully saturated rings. The van der Waals surface area contributed by atoms with Gasteiger partial charge >= 0.3 is 12.0 Å². The number of hydrogen-bond acceptors (Lipinski definition) is 6. The Balaban J connectivity index is 2.43. The quantitative estimate of drug-likeness (QED) is 0.552. The lowest BCUT2D eigenvalue weighted by Crippen LogP contribution is -2.46. The van der Waals surface area contributed by atoms with Gasteiger partial charge in [-0.05, 0) is 32.0 Å². The zero-order chi connectivity index (χ0) is 20.0. The molecule has 27 heavy (non-hydrogen) atoms. The Labute approximate surface area is 159 Å². The maximum Gasteiger partial charge on any atom is 0.338 e. The van der Waals surface area contributed by atoms with Crippen molar-refractivity contribution in [2.24, 2.45) is 0 Å². The summed E-state index contributed by atoms with van der Waals surface area (Å²) in [5.74, 6) is 0.590. The number of allylic oxidation sites excluding steroid dienone is 1. The van der Waals surface area contributed by atoms with Gasteiger partial charge in [0, 0.05) is 24.9 Å². The first kappa shape index (κ1) is 20.6. The molecule has 148 valence electrons. The molecule has 8 nitrogen and oxygen atoms in total. The van der Waals surface area contributed by atoms with E-state index in [1.54, 1.807) is 39.3 Å². The Hall–Kier alpha value is -2.74. The molecule has 2 rings (SSSR count). The van der Waals surface area contributed by atoms with Crippen molar-refractivity contribution in [3.05, 3.63) is 35.0 Å². The van der Waals surface area contributed by atoms with Crippen LogP contribution in [0.25, 0.3) is 0 Å². The maximum atomic E-state index is 12.8. The minimum absolute atomic E-state index is 0.128. The van der Waals surface area contributed by atoms with E-state index in [9.17, 15) is 9.59 Å². The van der Waals surface area contributed by atoms with Crippen LogP contribution in [0.3, 0.4) is 0 Å². The predicted octanol–water partition coefficient (Wildman–Crippen LogP) is 2.25. The minimum Gasteiger partial charge on any atom is -0.497 e. The van der Waals surface area contributed by atoms with Crippen LogP contribution in [0.2, 0.25) is 0 Å². The van der Waals surface area contributed by atoms with Gasteiger partial charge in [0.2, 0.25) is 0 Å². The van der Waals surface area contributed by atoms with Crippen LogP contribution in [0, 0.1) is 0 Å². The Bertz CT molecular complexity index is 731. The van der Waals surface area contributed by atoms with Gasteiger partial charge < -0.3 is 29.2 Å². The smallest absolute Gasteiger partial charge is 0.338 e. The van der Waals surface area contributed by atoms with Crippen LogP contribution in [0.4, 0.5) is 4.79 Å². The molecule has 0 radical (unpaired) electrons. The lowest BCUT2D eigenvalue weighted by atomic mass is 9.94. The van der Waals surface area contributed by atoms with Crippen molar-refractivity contribution in [1.82, 2.24) is 10.2 Å². The molecule has 0 aromatic heterocycles. The molecular weight excluding hydrogens is 352 g/mol. The highest BCUT2D eigenvalue weighted by atomic mass is 16.6. The van der Waals surface area contributed by atoms with E-state index < -0.39 is 12.0 Å². The molecule has 1 aromatic rings. The van der Waals surface area contributed by atoms with Crippen molar-refractivity contribution in [3.63, 3.8) is 0 Å². The number of urea groups is 1. The average molecular weight is 378 g/mol. The normalized spacial score (nSPS) is 16.9. The Morgan fingerprint density at radius 1 is 1.22 bits per heavy atom. The van der Waals surface area contributed by atoms with E-state index in [-0.39, 0.29) is 12.6 Å². The SMILES string of the molecule is CCOCCOC(=O)C1=C(C)N(C)C(=O)N[C@H]1c1cc(OC)ccc1OC. The Morgan fingerprint density at radius 3 is 2.59 bits per heavy atom. The van der Waals surface area contributed by atoms with E-state index in [1.807, 2.05) is 6.92 Å². The summed E-state index contributed by atoms with van der Waals surface area (Å²) >= 11 is 0. The number of nitrogens with zero attached hydrogens (tertiary/aromatic N) is 1. The summed E-state index contributed by atoms with van der Waals surface area (Å²) in [6.45, 7) is 4.55. The van der Waals surface area contributed by atoms with Gasteiger partial charge in [0.1, 0.15) is 18.1 Å². The van der Waals surface area contributed by atoms with Gasteiger partial charge in [-0.15, -0.1) is 0 Å². The standard InChI is InChI=1S/C19H26N2O6/c1-6-26-9-10-27-18(22)16-12(2)21(3)19(23)20-17(16)14-11-13(24-4)7-8-15(14)25-5/h7-8,11,17H,6,9-10H2,1-5H3,(H,20,23)/t17-/m0/s1. The number of hydrogen-bond donors (Lipinski definition) is 1. The molecule has 2 amide bonds. The van der Waals surface area contributed by atoms with Crippen molar-refractivity contribution in [3.8, 4) is 11.5 Å². The van der Waals surface area contributed by atoms with Gasteiger partial charge in [0.05, 0.1) is 32.4 Å². The largest absolute Gasteiger partial charge is 0.497 e. The van der Waals surface area contributed by atoms with Gasteiger partial charge in [-0.25, -0.2) is 9.59 Å².